The molecular formula is C15H13N5O. The first-order chi connectivity index (χ1) is 10.3. The highest BCUT2D eigenvalue weighted by molar-refractivity contribution is 5.96. The predicted octanol–water partition coefficient (Wildman–Crippen LogP) is 1.97. The maximum atomic E-state index is 12.6. The fourth-order valence-electron chi connectivity index (χ4n) is 2.18. The van der Waals surface area contributed by atoms with Gasteiger partial charge in [-0.15, -0.1) is 5.10 Å². The average Bonchev–Trinajstić information content (AvgIpc) is 3.02. The second-order valence-corrected chi connectivity index (χ2v) is 4.48. The number of H-pyrrole nitrogens is 1. The van der Waals surface area contributed by atoms with E-state index in [0.29, 0.717) is 0 Å². The summed E-state index contributed by atoms with van der Waals surface area (Å²) in [7, 11) is 0. The lowest BCUT2D eigenvalue weighted by Crippen LogP contribution is -2.22. The molecule has 21 heavy (non-hydrogen) atoms. The molecule has 3 rings (SSSR count). The highest BCUT2D eigenvalue weighted by atomic mass is 16.2. The number of rotatable bonds is 4. The van der Waals surface area contributed by atoms with Gasteiger partial charge in [-0.1, -0.05) is 65.8 Å². The van der Waals surface area contributed by atoms with Gasteiger partial charge in [-0.2, -0.15) is 5.21 Å². The third-order valence-corrected chi connectivity index (χ3v) is 3.11. The summed E-state index contributed by atoms with van der Waals surface area (Å²) in [6, 6.07) is 19.2. The molecule has 0 fully saturated rings. The molecule has 6 heteroatoms. The van der Waals surface area contributed by atoms with Crippen molar-refractivity contribution in [1.82, 2.24) is 20.6 Å². The van der Waals surface area contributed by atoms with Crippen LogP contribution in [0.3, 0.4) is 0 Å². The molecule has 0 aliphatic carbocycles. The Morgan fingerprint density at radius 2 is 1.52 bits per heavy atom. The summed E-state index contributed by atoms with van der Waals surface area (Å²) in [6.45, 7) is 0. The number of anilines is 1. The topological polar surface area (TPSA) is 83.6 Å². The number of carbonyl (C=O) groups is 1. The molecule has 1 aromatic heterocycles. The Labute approximate surface area is 121 Å². The summed E-state index contributed by atoms with van der Waals surface area (Å²) < 4.78 is 0. The average molecular weight is 279 g/mol. The van der Waals surface area contributed by atoms with Gasteiger partial charge in [-0.05, 0) is 16.3 Å². The molecule has 2 aromatic carbocycles. The van der Waals surface area contributed by atoms with Crippen molar-refractivity contribution in [3.8, 4) is 0 Å². The van der Waals surface area contributed by atoms with E-state index in [0.717, 1.165) is 11.1 Å². The molecular weight excluding hydrogens is 266 g/mol. The van der Waals surface area contributed by atoms with E-state index in [-0.39, 0.29) is 11.9 Å². The van der Waals surface area contributed by atoms with Gasteiger partial charge in [-0.25, -0.2) is 0 Å². The van der Waals surface area contributed by atoms with Crippen molar-refractivity contribution in [2.75, 3.05) is 5.32 Å². The molecule has 1 heterocycles. The first-order valence-corrected chi connectivity index (χ1v) is 6.49. The first kappa shape index (κ1) is 13.0. The molecule has 1 amide bonds. The van der Waals surface area contributed by atoms with Crippen molar-refractivity contribution in [1.29, 1.82) is 0 Å². The van der Waals surface area contributed by atoms with Crippen LogP contribution in [-0.4, -0.2) is 26.5 Å². The molecule has 0 saturated carbocycles. The standard InChI is InChI=1S/C15H13N5O/c21-14(16-15-17-19-20-18-15)13(11-7-3-1-4-8-11)12-9-5-2-6-10-12/h1-10,13H,(H2,16,17,18,19,20,21). The van der Waals surface area contributed by atoms with E-state index in [2.05, 4.69) is 25.9 Å². The molecule has 104 valence electrons. The lowest BCUT2D eigenvalue weighted by atomic mass is 9.90. The van der Waals surface area contributed by atoms with Gasteiger partial charge in [-0.3, -0.25) is 10.1 Å². The van der Waals surface area contributed by atoms with Gasteiger partial charge in [0.1, 0.15) is 0 Å². The molecule has 0 radical (unpaired) electrons. The Balaban J connectivity index is 1.95. The Kier molecular flexibility index (Phi) is 3.68. The van der Waals surface area contributed by atoms with Crippen LogP contribution >= 0.6 is 0 Å². The first-order valence-electron chi connectivity index (χ1n) is 6.49. The Morgan fingerprint density at radius 3 is 2.00 bits per heavy atom. The highest BCUT2D eigenvalue weighted by Crippen LogP contribution is 2.25. The zero-order valence-corrected chi connectivity index (χ0v) is 11.1. The van der Waals surface area contributed by atoms with Crippen molar-refractivity contribution in [3.63, 3.8) is 0 Å². The lowest BCUT2D eigenvalue weighted by molar-refractivity contribution is -0.116. The van der Waals surface area contributed by atoms with E-state index in [1.807, 2.05) is 60.7 Å². The summed E-state index contributed by atoms with van der Waals surface area (Å²) in [5.41, 5.74) is 1.81. The largest absolute Gasteiger partial charge is 0.291 e. The van der Waals surface area contributed by atoms with Gasteiger partial charge in [0, 0.05) is 0 Å². The Morgan fingerprint density at radius 1 is 0.952 bits per heavy atom. The van der Waals surface area contributed by atoms with Gasteiger partial charge >= 0.3 is 0 Å². The van der Waals surface area contributed by atoms with Crippen LogP contribution < -0.4 is 5.32 Å². The van der Waals surface area contributed by atoms with Crippen LogP contribution in [0.25, 0.3) is 0 Å². The van der Waals surface area contributed by atoms with E-state index in [1.54, 1.807) is 0 Å². The second kappa shape index (κ2) is 5.96. The summed E-state index contributed by atoms with van der Waals surface area (Å²) >= 11 is 0. The van der Waals surface area contributed by atoms with E-state index < -0.39 is 5.92 Å². The van der Waals surface area contributed by atoms with Crippen molar-refractivity contribution in [3.05, 3.63) is 71.8 Å². The number of aromatic amines is 1. The number of hydrogen-bond acceptors (Lipinski definition) is 4. The minimum absolute atomic E-state index is 0.164. The van der Waals surface area contributed by atoms with Gasteiger partial charge in [0.25, 0.3) is 5.95 Å². The molecule has 0 aliphatic heterocycles. The molecule has 6 nitrogen and oxygen atoms in total. The maximum absolute atomic E-state index is 12.6. The normalized spacial score (nSPS) is 10.5. The van der Waals surface area contributed by atoms with E-state index in [4.69, 9.17) is 0 Å². The van der Waals surface area contributed by atoms with Crippen LogP contribution in [0.2, 0.25) is 0 Å². The number of tetrazole rings is 1. The van der Waals surface area contributed by atoms with Crippen molar-refractivity contribution in [2.45, 2.75) is 5.92 Å². The Bertz CT molecular complexity index is 658. The molecule has 0 atom stereocenters. The van der Waals surface area contributed by atoms with Crippen molar-refractivity contribution < 1.29 is 4.79 Å². The quantitative estimate of drug-likeness (QED) is 0.764. The zero-order chi connectivity index (χ0) is 14.5. The molecule has 2 N–H and O–H groups in total. The van der Waals surface area contributed by atoms with Gasteiger partial charge < -0.3 is 0 Å². The summed E-state index contributed by atoms with van der Waals surface area (Å²) in [5.74, 6) is -0.462. The van der Waals surface area contributed by atoms with Crippen LogP contribution in [0.4, 0.5) is 5.95 Å². The number of aromatic nitrogens is 4. The number of carbonyl (C=O) groups excluding carboxylic acids is 1. The fraction of sp³-hybridized carbons (Fsp3) is 0.0667. The number of hydrogen-bond donors (Lipinski definition) is 2. The van der Waals surface area contributed by atoms with Crippen LogP contribution in [0.5, 0.6) is 0 Å². The smallest absolute Gasteiger partial charge is 0.269 e. The SMILES string of the molecule is O=C(Nc1nn[nH]n1)C(c1ccccc1)c1ccccc1. The van der Waals surface area contributed by atoms with E-state index in [9.17, 15) is 4.79 Å². The van der Waals surface area contributed by atoms with Crippen molar-refractivity contribution in [2.24, 2.45) is 0 Å². The minimum atomic E-state index is -0.425. The van der Waals surface area contributed by atoms with Crippen LogP contribution in [-0.2, 0) is 4.79 Å². The van der Waals surface area contributed by atoms with Crippen molar-refractivity contribution >= 4 is 11.9 Å². The number of benzene rings is 2. The third-order valence-electron chi connectivity index (χ3n) is 3.11. The molecule has 3 aromatic rings. The monoisotopic (exact) mass is 279 g/mol. The summed E-state index contributed by atoms with van der Waals surface area (Å²) in [6.07, 6.45) is 0. The Hall–Kier alpha value is -3.02. The molecule has 0 spiro atoms. The second-order valence-electron chi connectivity index (χ2n) is 4.48. The summed E-state index contributed by atoms with van der Waals surface area (Å²) in [4.78, 5) is 12.6. The summed E-state index contributed by atoms with van der Waals surface area (Å²) in [5, 5.41) is 15.9. The van der Waals surface area contributed by atoms with Crippen LogP contribution in [0, 0.1) is 0 Å². The molecule has 0 saturated heterocycles. The highest BCUT2D eigenvalue weighted by Gasteiger charge is 2.23. The van der Waals surface area contributed by atoms with Gasteiger partial charge in [0.2, 0.25) is 5.91 Å². The number of nitrogens with zero attached hydrogens (tertiary/aromatic N) is 3. The van der Waals surface area contributed by atoms with E-state index in [1.165, 1.54) is 0 Å². The van der Waals surface area contributed by atoms with Gasteiger partial charge in [0.05, 0.1) is 5.92 Å². The lowest BCUT2D eigenvalue weighted by Gasteiger charge is -2.16. The molecule has 0 bridgehead atoms. The van der Waals surface area contributed by atoms with Crippen LogP contribution in [0.15, 0.2) is 60.7 Å². The van der Waals surface area contributed by atoms with E-state index >= 15 is 0 Å². The molecule has 0 aliphatic rings. The zero-order valence-electron chi connectivity index (χ0n) is 11.1. The number of nitrogens with one attached hydrogen (secondary N) is 2. The minimum Gasteiger partial charge on any atom is -0.291 e. The fourth-order valence-corrected chi connectivity index (χ4v) is 2.18. The van der Waals surface area contributed by atoms with Gasteiger partial charge in [0.15, 0.2) is 0 Å². The number of amides is 1. The predicted molar refractivity (Wildman–Crippen MR) is 77.5 cm³/mol. The maximum Gasteiger partial charge on any atom is 0.269 e. The molecule has 0 unspecified atom stereocenters. The van der Waals surface area contributed by atoms with Crippen LogP contribution in [0.1, 0.15) is 17.0 Å². The third kappa shape index (κ3) is 2.94.